The van der Waals surface area contributed by atoms with E-state index in [1.807, 2.05) is 0 Å². The molecule has 1 aliphatic heterocycles. The van der Waals surface area contributed by atoms with E-state index in [9.17, 15) is 18.0 Å². The Bertz CT molecular complexity index is 260. The normalized spacial score (nSPS) is 16.5. The highest BCUT2D eigenvalue weighted by atomic mass is 32.2. The highest BCUT2D eigenvalue weighted by Gasteiger charge is 2.16. The van der Waals surface area contributed by atoms with E-state index in [4.69, 9.17) is 4.55 Å². The molecule has 70 valence electrons. The summed E-state index contributed by atoms with van der Waals surface area (Å²) in [5.41, 5.74) is 0. The van der Waals surface area contributed by atoms with Crippen molar-refractivity contribution in [1.29, 1.82) is 0 Å². The van der Waals surface area contributed by atoms with Crippen molar-refractivity contribution >= 4 is 33.0 Å². The fourth-order valence-corrected chi connectivity index (χ4v) is 0.837. The standard InChI is InChI=1S/C3H3NO2S.CH4O3S/c5-2-1-7-3(6)4-2;1-5(2,3)4/h1H2,(H,4,5,6);1H3,(H,2,3,4). The monoisotopic (exact) mass is 213 g/mol. The van der Waals surface area contributed by atoms with Gasteiger partial charge in [-0.15, -0.1) is 0 Å². The molecule has 12 heavy (non-hydrogen) atoms. The zero-order chi connectivity index (χ0) is 9.78. The Balaban J connectivity index is 0.000000217. The van der Waals surface area contributed by atoms with E-state index < -0.39 is 10.1 Å². The summed E-state index contributed by atoms with van der Waals surface area (Å²) in [5, 5.41) is 1.87. The highest BCUT2D eigenvalue weighted by Crippen LogP contribution is 2.06. The van der Waals surface area contributed by atoms with Crippen LogP contribution >= 0.6 is 11.8 Å². The number of imide groups is 1. The Morgan fingerprint density at radius 3 is 2.00 bits per heavy atom. The number of carbonyl (C=O) groups excluding carboxylic acids is 2. The Morgan fingerprint density at radius 2 is 1.92 bits per heavy atom. The van der Waals surface area contributed by atoms with Gasteiger partial charge in [-0.05, 0) is 0 Å². The highest BCUT2D eigenvalue weighted by molar-refractivity contribution is 8.14. The third-order valence-corrected chi connectivity index (χ3v) is 1.35. The van der Waals surface area contributed by atoms with Gasteiger partial charge in [-0.3, -0.25) is 19.5 Å². The summed E-state index contributed by atoms with van der Waals surface area (Å²) < 4.78 is 25.9. The van der Waals surface area contributed by atoms with Crippen LogP contribution in [-0.4, -0.2) is 36.1 Å². The minimum absolute atomic E-state index is 0.185. The molecule has 8 heteroatoms. The molecule has 0 bridgehead atoms. The molecule has 2 amide bonds. The third kappa shape index (κ3) is 9.40. The van der Waals surface area contributed by atoms with Gasteiger partial charge >= 0.3 is 0 Å². The summed E-state index contributed by atoms with van der Waals surface area (Å²) >= 11 is 1.01. The molecular formula is C4H7NO5S2. The summed E-state index contributed by atoms with van der Waals surface area (Å²) in [6.07, 6.45) is 0.715. The van der Waals surface area contributed by atoms with Crippen LogP contribution in [0.3, 0.4) is 0 Å². The van der Waals surface area contributed by atoms with Crippen LogP contribution in [0.1, 0.15) is 0 Å². The van der Waals surface area contributed by atoms with E-state index in [0.29, 0.717) is 12.0 Å². The van der Waals surface area contributed by atoms with Crippen LogP contribution in [0.15, 0.2) is 0 Å². The molecule has 0 atom stereocenters. The first-order valence-electron chi connectivity index (χ1n) is 2.68. The molecule has 1 saturated heterocycles. The average molecular weight is 213 g/mol. The maximum Gasteiger partial charge on any atom is 0.286 e. The van der Waals surface area contributed by atoms with Crippen molar-refractivity contribution in [1.82, 2.24) is 5.32 Å². The Hall–Kier alpha value is -0.600. The molecule has 1 fully saturated rings. The summed E-state index contributed by atoms with van der Waals surface area (Å²) in [4.78, 5) is 20.2. The van der Waals surface area contributed by atoms with E-state index in [1.165, 1.54) is 0 Å². The second-order valence-electron chi connectivity index (χ2n) is 1.86. The first kappa shape index (κ1) is 11.4. The largest absolute Gasteiger partial charge is 0.286 e. The van der Waals surface area contributed by atoms with Gasteiger partial charge in [-0.25, -0.2) is 0 Å². The zero-order valence-corrected chi connectivity index (χ0v) is 7.74. The minimum Gasteiger partial charge on any atom is -0.286 e. The van der Waals surface area contributed by atoms with Crippen LogP contribution < -0.4 is 5.32 Å². The molecule has 0 aromatic heterocycles. The fraction of sp³-hybridized carbons (Fsp3) is 0.500. The SMILES string of the molecule is CS(=O)(=O)O.O=C1CSC(=O)N1. The minimum atomic E-state index is -3.67. The van der Waals surface area contributed by atoms with Crippen LogP contribution in [0.4, 0.5) is 4.79 Å². The predicted molar refractivity (Wildman–Crippen MR) is 43.5 cm³/mol. The van der Waals surface area contributed by atoms with Crippen LogP contribution in [0.5, 0.6) is 0 Å². The van der Waals surface area contributed by atoms with Crippen molar-refractivity contribution in [2.45, 2.75) is 0 Å². The van der Waals surface area contributed by atoms with Crippen LogP contribution in [0, 0.1) is 0 Å². The number of rotatable bonds is 0. The first-order chi connectivity index (χ1) is 5.29. The van der Waals surface area contributed by atoms with Gasteiger partial charge < -0.3 is 0 Å². The Labute approximate surface area is 73.5 Å². The molecule has 0 aliphatic carbocycles. The second kappa shape index (κ2) is 4.43. The molecule has 0 radical (unpaired) electrons. The van der Waals surface area contributed by atoms with Crippen molar-refractivity contribution < 1.29 is 22.6 Å². The van der Waals surface area contributed by atoms with Gasteiger partial charge in [-0.1, -0.05) is 11.8 Å². The first-order valence-corrected chi connectivity index (χ1v) is 5.51. The number of carbonyl (C=O) groups is 2. The summed E-state index contributed by atoms with van der Waals surface area (Å²) in [7, 11) is -3.67. The maximum atomic E-state index is 10.1. The molecule has 1 aliphatic rings. The molecular weight excluding hydrogens is 206 g/mol. The van der Waals surface area contributed by atoms with Crippen LogP contribution in [0.2, 0.25) is 0 Å². The van der Waals surface area contributed by atoms with E-state index in [0.717, 1.165) is 11.8 Å². The van der Waals surface area contributed by atoms with Gasteiger partial charge in [0.1, 0.15) is 0 Å². The molecule has 0 spiro atoms. The lowest BCUT2D eigenvalue weighted by Gasteiger charge is -1.77. The van der Waals surface area contributed by atoms with E-state index in [2.05, 4.69) is 5.32 Å². The summed E-state index contributed by atoms with van der Waals surface area (Å²) in [6, 6.07) is 0. The topological polar surface area (TPSA) is 101 Å². The summed E-state index contributed by atoms with van der Waals surface area (Å²) in [5.74, 6) is 0.105. The molecule has 0 aromatic carbocycles. The lowest BCUT2D eigenvalue weighted by Crippen LogP contribution is -2.18. The molecule has 0 aromatic rings. The van der Waals surface area contributed by atoms with Gasteiger partial charge in [0, 0.05) is 0 Å². The van der Waals surface area contributed by atoms with Crippen molar-refractivity contribution in [2.24, 2.45) is 0 Å². The smallest absolute Gasteiger partial charge is 0.286 e. The quantitative estimate of drug-likeness (QED) is 0.525. The van der Waals surface area contributed by atoms with Gasteiger partial charge in [-0.2, -0.15) is 8.42 Å². The van der Waals surface area contributed by atoms with Crippen molar-refractivity contribution in [3.8, 4) is 0 Å². The lowest BCUT2D eigenvalue weighted by atomic mass is 10.7. The number of hydrogen-bond acceptors (Lipinski definition) is 5. The Morgan fingerprint density at radius 1 is 1.50 bits per heavy atom. The number of thioether (sulfide) groups is 1. The Kier molecular flexibility index (Phi) is 4.21. The summed E-state index contributed by atoms with van der Waals surface area (Å²) in [6.45, 7) is 0. The molecule has 1 rings (SSSR count). The maximum absolute atomic E-state index is 10.1. The van der Waals surface area contributed by atoms with E-state index in [1.54, 1.807) is 0 Å². The van der Waals surface area contributed by atoms with Crippen molar-refractivity contribution in [2.75, 3.05) is 12.0 Å². The van der Waals surface area contributed by atoms with Crippen molar-refractivity contribution in [3.63, 3.8) is 0 Å². The lowest BCUT2D eigenvalue weighted by molar-refractivity contribution is -0.117. The zero-order valence-electron chi connectivity index (χ0n) is 6.10. The predicted octanol–water partition coefficient (Wildman–Crippen LogP) is -0.527. The number of amides is 2. The molecule has 0 saturated carbocycles. The van der Waals surface area contributed by atoms with E-state index in [-0.39, 0.29) is 11.1 Å². The number of hydrogen-bond donors (Lipinski definition) is 2. The third-order valence-electron chi connectivity index (χ3n) is 0.576. The van der Waals surface area contributed by atoms with Gasteiger partial charge in [0.25, 0.3) is 15.4 Å². The molecule has 2 N–H and O–H groups in total. The molecule has 0 unspecified atom stereocenters. The average Bonchev–Trinajstić information content (AvgIpc) is 2.09. The second-order valence-corrected chi connectivity index (χ2v) is 4.27. The molecule has 1 heterocycles. The molecule has 6 nitrogen and oxygen atoms in total. The van der Waals surface area contributed by atoms with Crippen molar-refractivity contribution in [3.05, 3.63) is 0 Å². The van der Waals surface area contributed by atoms with Gasteiger partial charge in [0.15, 0.2) is 0 Å². The fourth-order valence-electron chi connectivity index (χ4n) is 0.317. The van der Waals surface area contributed by atoms with Crippen LogP contribution in [-0.2, 0) is 14.9 Å². The van der Waals surface area contributed by atoms with Crippen LogP contribution in [0.25, 0.3) is 0 Å². The number of nitrogens with one attached hydrogen (secondary N) is 1. The van der Waals surface area contributed by atoms with Gasteiger partial charge in [0.05, 0.1) is 12.0 Å². The van der Waals surface area contributed by atoms with Gasteiger partial charge in [0.2, 0.25) is 5.91 Å². The van der Waals surface area contributed by atoms with E-state index >= 15 is 0 Å².